The molecule has 0 aromatic heterocycles. The highest BCUT2D eigenvalue weighted by molar-refractivity contribution is 7.89. The third-order valence-corrected chi connectivity index (χ3v) is 9.43. The van der Waals surface area contributed by atoms with Crippen molar-refractivity contribution in [1.29, 1.82) is 0 Å². The molecule has 1 aliphatic carbocycles. The van der Waals surface area contributed by atoms with Gasteiger partial charge in [-0.1, -0.05) is 24.3 Å². The topological polar surface area (TPSA) is 105 Å². The molecule has 10 heteroatoms. The van der Waals surface area contributed by atoms with Crippen molar-refractivity contribution in [2.45, 2.75) is 49.5 Å². The lowest BCUT2D eigenvalue weighted by atomic mass is 9.88. The van der Waals surface area contributed by atoms with E-state index in [9.17, 15) is 18.0 Å². The number of anilines is 1. The van der Waals surface area contributed by atoms with E-state index in [1.807, 2.05) is 18.2 Å². The number of aryl methyl sites for hydroxylation is 1. The van der Waals surface area contributed by atoms with E-state index in [1.54, 1.807) is 12.1 Å². The van der Waals surface area contributed by atoms with Crippen molar-refractivity contribution in [3.05, 3.63) is 59.2 Å². The largest absolute Gasteiger partial charge is 0.452 e. The predicted octanol–water partition coefficient (Wildman–Crippen LogP) is 3.05. The molecule has 2 aromatic rings. The molecule has 3 aliphatic rings. The highest BCUT2D eigenvalue weighted by Crippen LogP contribution is 2.30. The van der Waals surface area contributed by atoms with Crippen LogP contribution in [0.4, 0.5) is 5.69 Å². The molecular weight excluding hydrogens is 506 g/mol. The van der Waals surface area contributed by atoms with Gasteiger partial charge in [0.1, 0.15) is 0 Å². The van der Waals surface area contributed by atoms with Gasteiger partial charge in [0.2, 0.25) is 10.0 Å². The SMILES string of the molecule is O=C(COC(=O)c1cc(S(=O)(=O)N2CCOCC2)ccc1N1CCCCC1)N[C@@H]1CCCc2ccccc21. The molecule has 38 heavy (non-hydrogen) atoms. The maximum absolute atomic E-state index is 13.3. The highest BCUT2D eigenvalue weighted by Gasteiger charge is 2.30. The lowest BCUT2D eigenvalue weighted by Gasteiger charge is -2.31. The van der Waals surface area contributed by atoms with Crippen molar-refractivity contribution >= 4 is 27.6 Å². The number of piperidine rings is 1. The molecule has 0 unspecified atom stereocenters. The molecule has 2 aliphatic heterocycles. The second kappa shape index (κ2) is 11.8. The maximum Gasteiger partial charge on any atom is 0.340 e. The number of carbonyl (C=O) groups excluding carboxylic acids is 2. The molecule has 1 N–H and O–H groups in total. The standard InChI is InChI=1S/C28H35N3O6S/c32-27(29-25-10-6-8-21-7-2-3-9-23(21)25)20-37-28(33)24-19-22(38(34,35)31-15-17-36-18-16-31)11-12-26(24)30-13-4-1-5-14-30/h2-3,7,9,11-12,19,25H,1,4-6,8,10,13-18,20H2,(H,29,32)/t25-/m1/s1. The first-order valence-corrected chi connectivity index (χ1v) is 14.9. The van der Waals surface area contributed by atoms with Crippen molar-refractivity contribution in [3.63, 3.8) is 0 Å². The Kier molecular flexibility index (Phi) is 8.30. The maximum atomic E-state index is 13.3. The van der Waals surface area contributed by atoms with Crippen molar-refractivity contribution in [3.8, 4) is 0 Å². The van der Waals surface area contributed by atoms with E-state index in [0.29, 0.717) is 18.9 Å². The molecule has 2 fully saturated rings. The van der Waals surface area contributed by atoms with Crippen molar-refractivity contribution in [2.24, 2.45) is 0 Å². The van der Waals surface area contributed by atoms with E-state index in [2.05, 4.69) is 16.3 Å². The van der Waals surface area contributed by atoms with Gasteiger partial charge in [-0.05, 0) is 67.9 Å². The Bertz CT molecular complexity index is 1270. The fourth-order valence-electron chi connectivity index (χ4n) is 5.53. The molecule has 5 rings (SSSR count). The summed E-state index contributed by atoms with van der Waals surface area (Å²) in [4.78, 5) is 28.2. The van der Waals surface area contributed by atoms with Crippen LogP contribution in [0.3, 0.4) is 0 Å². The van der Waals surface area contributed by atoms with Gasteiger partial charge < -0.3 is 19.7 Å². The second-order valence-electron chi connectivity index (χ2n) is 10.0. The zero-order valence-electron chi connectivity index (χ0n) is 21.6. The average Bonchev–Trinajstić information content (AvgIpc) is 2.96. The number of hydrogen-bond acceptors (Lipinski definition) is 7. The number of nitrogens with zero attached hydrogens (tertiary/aromatic N) is 2. The minimum Gasteiger partial charge on any atom is -0.452 e. The van der Waals surface area contributed by atoms with Crippen LogP contribution in [-0.4, -0.2) is 70.6 Å². The third-order valence-electron chi connectivity index (χ3n) is 7.53. The predicted molar refractivity (Wildman–Crippen MR) is 143 cm³/mol. The monoisotopic (exact) mass is 541 g/mol. The smallest absolute Gasteiger partial charge is 0.340 e. The molecule has 0 spiro atoms. The lowest BCUT2D eigenvalue weighted by molar-refractivity contribution is -0.125. The van der Waals surface area contributed by atoms with Crippen LogP contribution in [-0.2, 0) is 30.7 Å². The molecule has 9 nitrogen and oxygen atoms in total. The number of morpholine rings is 1. The molecule has 2 aromatic carbocycles. The minimum atomic E-state index is -3.80. The number of sulfonamides is 1. The normalized spacial score (nSPS) is 20.4. The van der Waals surface area contributed by atoms with Gasteiger partial charge in [-0.3, -0.25) is 4.79 Å². The zero-order chi connectivity index (χ0) is 26.5. The van der Waals surface area contributed by atoms with Gasteiger partial charge in [0.05, 0.1) is 35.4 Å². The van der Waals surface area contributed by atoms with Gasteiger partial charge in [0.15, 0.2) is 6.61 Å². The van der Waals surface area contributed by atoms with Crippen molar-refractivity contribution in [2.75, 3.05) is 50.9 Å². The number of rotatable bonds is 7. The van der Waals surface area contributed by atoms with Gasteiger partial charge in [0.25, 0.3) is 5.91 Å². The van der Waals surface area contributed by atoms with Gasteiger partial charge in [-0.2, -0.15) is 4.31 Å². The average molecular weight is 542 g/mol. The van der Waals surface area contributed by atoms with Crippen molar-refractivity contribution < 1.29 is 27.5 Å². The van der Waals surface area contributed by atoms with Crippen LogP contribution in [0.25, 0.3) is 0 Å². The number of fused-ring (bicyclic) bond motifs is 1. The van der Waals surface area contributed by atoms with Crippen LogP contribution in [0.15, 0.2) is 47.4 Å². The van der Waals surface area contributed by atoms with Crippen LogP contribution in [0.2, 0.25) is 0 Å². The van der Waals surface area contributed by atoms with Gasteiger partial charge >= 0.3 is 5.97 Å². The number of ether oxygens (including phenoxy) is 2. The summed E-state index contributed by atoms with van der Waals surface area (Å²) in [6.07, 6.45) is 5.90. The zero-order valence-corrected chi connectivity index (χ0v) is 22.4. The van der Waals surface area contributed by atoms with E-state index < -0.39 is 22.6 Å². The first-order valence-electron chi connectivity index (χ1n) is 13.4. The van der Waals surface area contributed by atoms with E-state index in [4.69, 9.17) is 9.47 Å². The number of benzene rings is 2. The summed E-state index contributed by atoms with van der Waals surface area (Å²) >= 11 is 0. The summed E-state index contributed by atoms with van der Waals surface area (Å²) in [5, 5.41) is 3.00. The van der Waals surface area contributed by atoms with E-state index >= 15 is 0 Å². The minimum absolute atomic E-state index is 0.0374. The Morgan fingerprint density at radius 1 is 0.974 bits per heavy atom. The molecule has 1 atom stereocenters. The molecule has 0 radical (unpaired) electrons. The van der Waals surface area contributed by atoms with Gasteiger partial charge in [0, 0.05) is 26.2 Å². The fraction of sp³-hybridized carbons (Fsp3) is 0.500. The lowest BCUT2D eigenvalue weighted by Crippen LogP contribution is -2.40. The summed E-state index contributed by atoms with van der Waals surface area (Å²) in [7, 11) is -3.80. The van der Waals surface area contributed by atoms with Crippen LogP contribution in [0, 0.1) is 0 Å². The molecule has 204 valence electrons. The number of nitrogens with one attached hydrogen (secondary N) is 1. The molecule has 0 bridgehead atoms. The van der Waals surface area contributed by atoms with Crippen LogP contribution in [0.5, 0.6) is 0 Å². The first kappa shape index (κ1) is 26.6. The Morgan fingerprint density at radius 2 is 1.74 bits per heavy atom. The molecule has 2 heterocycles. The third kappa shape index (κ3) is 5.87. The number of esters is 1. The quantitative estimate of drug-likeness (QED) is 0.537. The number of hydrogen-bond donors (Lipinski definition) is 1. The molecular formula is C28H35N3O6S. The van der Waals surface area contributed by atoms with Gasteiger partial charge in [-0.25, -0.2) is 13.2 Å². The van der Waals surface area contributed by atoms with Gasteiger partial charge in [-0.15, -0.1) is 0 Å². The van der Waals surface area contributed by atoms with E-state index in [0.717, 1.165) is 57.2 Å². The fourth-order valence-corrected chi connectivity index (χ4v) is 6.97. The Morgan fingerprint density at radius 3 is 2.53 bits per heavy atom. The molecule has 2 saturated heterocycles. The van der Waals surface area contributed by atoms with E-state index in [-0.39, 0.29) is 35.5 Å². The number of amides is 1. The Balaban J connectivity index is 1.32. The number of carbonyl (C=O) groups is 2. The molecule has 0 saturated carbocycles. The summed E-state index contributed by atoms with van der Waals surface area (Å²) in [5.41, 5.74) is 3.13. The second-order valence-corrected chi connectivity index (χ2v) is 12.0. The Labute approximate surface area is 224 Å². The van der Waals surface area contributed by atoms with Crippen LogP contribution < -0.4 is 10.2 Å². The highest BCUT2D eigenvalue weighted by atomic mass is 32.2. The summed E-state index contributed by atoms with van der Waals surface area (Å²) < 4.78 is 38.7. The first-order chi connectivity index (χ1) is 18.4. The van der Waals surface area contributed by atoms with E-state index in [1.165, 1.54) is 15.9 Å². The molecule has 1 amide bonds. The van der Waals surface area contributed by atoms with Crippen LogP contribution >= 0.6 is 0 Å². The summed E-state index contributed by atoms with van der Waals surface area (Å²) in [6.45, 7) is 2.31. The van der Waals surface area contributed by atoms with Crippen molar-refractivity contribution in [1.82, 2.24) is 9.62 Å². The Hall–Kier alpha value is -2.95. The summed E-state index contributed by atoms with van der Waals surface area (Å²) in [6, 6.07) is 12.6. The van der Waals surface area contributed by atoms with Crippen LogP contribution in [0.1, 0.15) is 59.6 Å². The summed E-state index contributed by atoms with van der Waals surface area (Å²) in [5.74, 6) is -1.08.